The topological polar surface area (TPSA) is 45.2 Å². The minimum atomic E-state index is 0.714. The second-order valence-corrected chi connectivity index (χ2v) is 9.38. The van der Waals surface area contributed by atoms with Gasteiger partial charge in [0.15, 0.2) is 10.8 Å². The van der Waals surface area contributed by atoms with Crippen LogP contribution < -0.4 is 0 Å². The van der Waals surface area contributed by atoms with Gasteiger partial charge in [-0.15, -0.1) is 22.7 Å². The molecular formula is C17H18BrN5S2. The minimum Gasteiger partial charge on any atom is -0.296 e. The highest BCUT2D eigenvalue weighted by atomic mass is 79.9. The lowest BCUT2D eigenvalue weighted by molar-refractivity contribution is 0.122. The molecular weight excluding hydrogens is 418 g/mol. The quantitative estimate of drug-likeness (QED) is 0.610. The van der Waals surface area contributed by atoms with Crippen molar-refractivity contribution in [1.29, 1.82) is 0 Å². The summed E-state index contributed by atoms with van der Waals surface area (Å²) in [6, 6.07) is 6.17. The van der Waals surface area contributed by atoms with Crippen LogP contribution in [0.25, 0.3) is 10.8 Å². The summed E-state index contributed by atoms with van der Waals surface area (Å²) >= 11 is 6.99. The van der Waals surface area contributed by atoms with Crippen molar-refractivity contribution in [3.05, 3.63) is 50.3 Å². The van der Waals surface area contributed by atoms with Crippen molar-refractivity contribution in [2.45, 2.75) is 13.1 Å². The molecule has 0 bridgehead atoms. The number of nitrogens with zero attached hydrogens (tertiary/aromatic N) is 5. The van der Waals surface area contributed by atoms with E-state index in [9.17, 15) is 0 Å². The lowest BCUT2D eigenvalue weighted by Crippen LogP contribution is -2.45. The van der Waals surface area contributed by atoms with Gasteiger partial charge in [0, 0.05) is 61.9 Å². The monoisotopic (exact) mass is 435 g/mol. The average Bonchev–Trinajstić information content (AvgIpc) is 3.27. The lowest BCUT2D eigenvalue weighted by Gasteiger charge is -2.34. The van der Waals surface area contributed by atoms with Gasteiger partial charge >= 0.3 is 0 Å². The van der Waals surface area contributed by atoms with Crippen LogP contribution in [-0.4, -0.2) is 50.9 Å². The predicted octanol–water partition coefficient (Wildman–Crippen LogP) is 3.74. The fourth-order valence-electron chi connectivity index (χ4n) is 2.88. The smallest absolute Gasteiger partial charge is 0.188 e. The number of halogens is 1. The molecule has 25 heavy (non-hydrogen) atoms. The molecule has 0 unspecified atom stereocenters. The van der Waals surface area contributed by atoms with Gasteiger partial charge in [0.25, 0.3) is 0 Å². The van der Waals surface area contributed by atoms with E-state index in [0.717, 1.165) is 50.0 Å². The van der Waals surface area contributed by atoms with Gasteiger partial charge in [-0.05, 0) is 34.1 Å². The Labute approximate surface area is 163 Å². The van der Waals surface area contributed by atoms with E-state index < -0.39 is 0 Å². The first-order valence-corrected chi connectivity index (χ1v) is 10.7. The molecule has 130 valence electrons. The molecule has 1 aliphatic rings. The molecule has 0 atom stereocenters. The van der Waals surface area contributed by atoms with Crippen LogP contribution in [0.15, 0.2) is 39.8 Å². The molecule has 3 aromatic rings. The number of thiazole rings is 1. The van der Waals surface area contributed by atoms with Gasteiger partial charge in [-0.2, -0.15) is 0 Å². The van der Waals surface area contributed by atoms with E-state index in [1.54, 1.807) is 23.7 Å². The van der Waals surface area contributed by atoms with Crippen LogP contribution in [0.3, 0.4) is 0 Å². The second-order valence-electron chi connectivity index (χ2n) is 5.97. The van der Waals surface area contributed by atoms with Crippen molar-refractivity contribution in [3.8, 4) is 10.8 Å². The normalized spacial score (nSPS) is 16.4. The van der Waals surface area contributed by atoms with Gasteiger partial charge in [0.05, 0.1) is 9.48 Å². The minimum absolute atomic E-state index is 0.714. The third-order valence-electron chi connectivity index (χ3n) is 4.17. The van der Waals surface area contributed by atoms with E-state index in [-0.39, 0.29) is 0 Å². The second kappa shape index (κ2) is 8.01. The zero-order valence-corrected chi connectivity index (χ0v) is 16.9. The Morgan fingerprint density at radius 3 is 2.40 bits per heavy atom. The van der Waals surface area contributed by atoms with E-state index >= 15 is 0 Å². The average molecular weight is 436 g/mol. The van der Waals surface area contributed by atoms with Crippen LogP contribution in [0.1, 0.15) is 10.6 Å². The molecule has 8 heteroatoms. The molecule has 4 rings (SSSR count). The predicted molar refractivity (Wildman–Crippen MR) is 106 cm³/mol. The third kappa shape index (κ3) is 4.51. The maximum Gasteiger partial charge on any atom is 0.188 e. The summed E-state index contributed by atoms with van der Waals surface area (Å²) in [7, 11) is 0. The molecule has 5 nitrogen and oxygen atoms in total. The van der Waals surface area contributed by atoms with Gasteiger partial charge in [-0.25, -0.2) is 15.0 Å². The fraction of sp³-hybridized carbons (Fsp3) is 0.353. The molecule has 0 N–H and O–H groups in total. The van der Waals surface area contributed by atoms with Crippen LogP contribution in [0.2, 0.25) is 0 Å². The van der Waals surface area contributed by atoms with Crippen molar-refractivity contribution in [1.82, 2.24) is 24.8 Å². The molecule has 0 aliphatic carbocycles. The first kappa shape index (κ1) is 17.2. The van der Waals surface area contributed by atoms with E-state index in [2.05, 4.69) is 53.2 Å². The van der Waals surface area contributed by atoms with Crippen LogP contribution in [0.4, 0.5) is 0 Å². The zero-order valence-electron chi connectivity index (χ0n) is 13.6. The Morgan fingerprint density at radius 2 is 1.72 bits per heavy atom. The van der Waals surface area contributed by atoms with Crippen molar-refractivity contribution in [2.75, 3.05) is 26.2 Å². The summed E-state index contributed by atoms with van der Waals surface area (Å²) in [5.74, 6) is 0.714. The van der Waals surface area contributed by atoms with E-state index in [1.165, 1.54) is 8.66 Å². The molecule has 4 heterocycles. The van der Waals surface area contributed by atoms with Gasteiger partial charge in [0.2, 0.25) is 0 Å². The van der Waals surface area contributed by atoms with Crippen LogP contribution in [0, 0.1) is 0 Å². The molecule has 1 fully saturated rings. The standard InChI is InChI=1S/C17H18BrN5S2/c18-15-3-2-14(25-15)11-23-8-6-22(7-9-23)10-13-12-24-17(21-13)16-19-4-1-5-20-16/h1-5,12H,6-11H2. The molecule has 0 radical (unpaired) electrons. The van der Waals surface area contributed by atoms with Crippen molar-refractivity contribution in [3.63, 3.8) is 0 Å². The van der Waals surface area contributed by atoms with Crippen molar-refractivity contribution >= 4 is 38.6 Å². The maximum absolute atomic E-state index is 4.70. The van der Waals surface area contributed by atoms with Crippen LogP contribution >= 0.6 is 38.6 Å². The highest BCUT2D eigenvalue weighted by Crippen LogP contribution is 2.24. The fourth-order valence-corrected chi connectivity index (χ4v) is 5.16. The molecule has 0 saturated carbocycles. The summed E-state index contributed by atoms with van der Waals surface area (Å²) in [5, 5.41) is 3.03. The summed E-state index contributed by atoms with van der Waals surface area (Å²) in [4.78, 5) is 19.7. The first-order valence-electron chi connectivity index (χ1n) is 8.17. The Morgan fingerprint density at radius 1 is 1.00 bits per heavy atom. The highest BCUT2D eigenvalue weighted by Gasteiger charge is 2.19. The van der Waals surface area contributed by atoms with E-state index in [0.29, 0.717) is 5.82 Å². The highest BCUT2D eigenvalue weighted by molar-refractivity contribution is 9.11. The number of thiophene rings is 1. The molecule has 0 amide bonds. The Hall–Kier alpha value is -1.19. The molecule has 0 spiro atoms. The van der Waals surface area contributed by atoms with Crippen molar-refractivity contribution < 1.29 is 0 Å². The Kier molecular flexibility index (Phi) is 5.52. The molecule has 1 aliphatic heterocycles. The van der Waals surface area contributed by atoms with Gasteiger partial charge in [0.1, 0.15) is 0 Å². The lowest BCUT2D eigenvalue weighted by atomic mass is 10.3. The SMILES string of the molecule is Brc1ccc(CN2CCN(Cc3csc(-c4ncccn4)n3)CC2)s1. The molecule has 1 saturated heterocycles. The molecule has 3 aromatic heterocycles. The number of aromatic nitrogens is 3. The van der Waals surface area contributed by atoms with Gasteiger partial charge in [-0.1, -0.05) is 0 Å². The van der Waals surface area contributed by atoms with Crippen molar-refractivity contribution in [2.24, 2.45) is 0 Å². The molecule has 0 aromatic carbocycles. The number of hydrogen-bond donors (Lipinski definition) is 0. The number of rotatable bonds is 5. The maximum atomic E-state index is 4.70. The summed E-state index contributed by atoms with van der Waals surface area (Å²) in [6.07, 6.45) is 3.52. The van der Waals surface area contributed by atoms with E-state index in [1.807, 2.05) is 17.4 Å². The summed E-state index contributed by atoms with van der Waals surface area (Å²) < 4.78 is 1.21. The van der Waals surface area contributed by atoms with Crippen LogP contribution in [-0.2, 0) is 13.1 Å². The third-order valence-corrected chi connectivity index (χ3v) is 6.66. The van der Waals surface area contributed by atoms with Gasteiger partial charge in [-0.3, -0.25) is 9.80 Å². The summed E-state index contributed by atoms with van der Waals surface area (Å²) in [5.41, 5.74) is 1.11. The Bertz CT molecular complexity index is 811. The summed E-state index contributed by atoms with van der Waals surface area (Å²) in [6.45, 7) is 6.34. The largest absolute Gasteiger partial charge is 0.296 e. The van der Waals surface area contributed by atoms with Gasteiger partial charge < -0.3 is 0 Å². The Balaban J connectivity index is 1.29. The van der Waals surface area contributed by atoms with E-state index in [4.69, 9.17) is 4.98 Å². The number of piperazine rings is 1. The van der Waals surface area contributed by atoms with Crippen LogP contribution in [0.5, 0.6) is 0 Å². The number of hydrogen-bond acceptors (Lipinski definition) is 7. The first-order chi connectivity index (χ1) is 12.3. The zero-order chi connectivity index (χ0) is 17.1.